The minimum Gasteiger partial charge on any atom is -0.201 e. The van der Waals surface area contributed by atoms with Crippen molar-refractivity contribution in [2.24, 2.45) is 0 Å². The molecule has 0 saturated carbocycles. The Hall–Kier alpha value is -6.02. The fourth-order valence-electron chi connectivity index (χ4n) is 7.42. The maximum Gasteiger partial charge on any atom is 0.416 e. The van der Waals surface area contributed by atoms with Gasteiger partial charge in [0.2, 0.25) is 0 Å². The van der Waals surface area contributed by atoms with E-state index < -0.39 is 195 Å². The zero-order chi connectivity index (χ0) is 53.7. The largest absolute Gasteiger partial charge is 0.416 e. The molecule has 0 aliphatic carbocycles. The molecule has 1 heterocycles. The van der Waals surface area contributed by atoms with Crippen LogP contribution in [0.4, 0.5) is 105 Å². The molecule has 0 bridgehead atoms. The first-order chi connectivity index (χ1) is 32.1. The second-order valence-electron chi connectivity index (χ2n) is 15.4. The fraction of sp³-hybridized carbons (Fsp3) is 0.205. The van der Waals surface area contributed by atoms with Crippen molar-refractivity contribution in [2.75, 3.05) is 0 Å². The standard InChI is InChI=1S/C32H12BF24.C12H11NS/c34-25(35,36)13-1-14(26(37,38)39)6-21(5-13)33(22-7-15(27(40,41)42)2-16(8-22)28(43,44)45,23-9-17(29(46,47)48)3-18(10-23)30(49,50)51)24-11-19(31(52,53)54)4-20(12-24)32(55,56)57;14-12-6-8-13(9-7-12)10-11-4-2-1-3-5-11/h1-12H;1-9H,10H2/q-1;/p+1. The highest BCUT2D eigenvalue weighted by Crippen LogP contribution is 2.41. The van der Waals surface area contributed by atoms with E-state index in [-0.39, 0.29) is 0 Å². The molecule has 0 radical (unpaired) electrons. The molecule has 71 heavy (non-hydrogen) atoms. The number of thiol groups is 1. The molecule has 0 aliphatic rings. The third-order valence-corrected chi connectivity index (χ3v) is 10.8. The molecule has 27 heteroatoms. The molecule has 1 nitrogen and oxygen atoms in total. The van der Waals surface area contributed by atoms with Crippen LogP contribution in [-0.2, 0) is 56.0 Å². The lowest BCUT2D eigenvalue weighted by Crippen LogP contribution is -2.75. The molecule has 5 aromatic carbocycles. The number of hydrogen-bond acceptors (Lipinski definition) is 1. The predicted octanol–water partition coefficient (Wildman–Crippen LogP) is 13.5. The van der Waals surface area contributed by atoms with E-state index in [4.69, 9.17) is 0 Å². The van der Waals surface area contributed by atoms with Crippen LogP contribution >= 0.6 is 12.6 Å². The van der Waals surface area contributed by atoms with Crippen molar-refractivity contribution >= 4 is 40.6 Å². The highest BCUT2D eigenvalue weighted by molar-refractivity contribution is 7.80. The summed E-state index contributed by atoms with van der Waals surface area (Å²) >= 11 is 4.24. The van der Waals surface area contributed by atoms with E-state index >= 15 is 0 Å². The number of rotatable bonds is 6. The van der Waals surface area contributed by atoms with Crippen molar-refractivity contribution in [1.29, 1.82) is 0 Å². The lowest BCUT2D eigenvalue weighted by atomic mass is 9.12. The summed E-state index contributed by atoms with van der Waals surface area (Å²) in [5, 5.41) is 0. The minimum atomic E-state index is -6.13. The SMILES string of the molecule is FC(F)(F)c1cc([B-](c2cc(C(F)(F)F)cc(C(F)(F)F)c2)(c2cc(C(F)(F)F)cc(C(F)(F)F)c2)c2cc(C(F)(F)F)cc(C(F)(F)F)c2)cc(C(F)(F)F)c1.Sc1cc[n+](Cc2ccccc2)cc1. The summed E-state index contributed by atoms with van der Waals surface area (Å²) < 4.78 is 343. The monoisotopic (exact) mass is 1070 g/mol. The van der Waals surface area contributed by atoms with Crippen molar-refractivity contribution in [3.05, 3.63) is 178 Å². The zero-order valence-corrected chi connectivity index (χ0v) is 35.3. The van der Waals surface area contributed by atoms with E-state index in [0.29, 0.717) is 0 Å². The van der Waals surface area contributed by atoms with Crippen LogP contribution < -0.4 is 26.4 Å². The lowest BCUT2D eigenvalue weighted by Gasteiger charge is -2.46. The Bertz CT molecular complexity index is 2400. The van der Waals surface area contributed by atoms with Crippen LogP contribution in [0, 0.1) is 0 Å². The summed E-state index contributed by atoms with van der Waals surface area (Å²) in [6.07, 6.45) is -50.7. The van der Waals surface area contributed by atoms with Gasteiger partial charge in [0.25, 0.3) is 0 Å². The molecule has 0 N–H and O–H groups in total. The molecule has 0 unspecified atom stereocenters. The van der Waals surface area contributed by atoms with Crippen molar-refractivity contribution in [1.82, 2.24) is 0 Å². The average Bonchev–Trinajstić information content (AvgIpc) is 3.22. The second kappa shape index (κ2) is 19.2. The van der Waals surface area contributed by atoms with Crippen LogP contribution in [-0.4, -0.2) is 6.15 Å². The van der Waals surface area contributed by atoms with E-state index in [1.165, 1.54) is 5.56 Å². The molecule has 0 amide bonds. The Labute approximate surface area is 388 Å². The third kappa shape index (κ3) is 13.3. The number of aromatic nitrogens is 1. The number of alkyl halides is 24. The molecule has 0 spiro atoms. The summed E-state index contributed by atoms with van der Waals surface area (Å²) in [4.78, 5) is 0.995. The maximum atomic E-state index is 14.2. The van der Waals surface area contributed by atoms with Crippen molar-refractivity contribution in [2.45, 2.75) is 60.9 Å². The van der Waals surface area contributed by atoms with Crippen molar-refractivity contribution < 1.29 is 110 Å². The summed E-state index contributed by atoms with van der Waals surface area (Å²) in [5.41, 5.74) is -28.9. The van der Waals surface area contributed by atoms with Gasteiger partial charge in [-0.05, 0) is 24.3 Å². The third-order valence-electron chi connectivity index (χ3n) is 10.5. The first kappa shape index (κ1) is 55.9. The average molecular weight is 1070 g/mol. The van der Waals surface area contributed by atoms with Crippen molar-refractivity contribution in [3.63, 3.8) is 0 Å². The van der Waals surface area contributed by atoms with E-state index in [0.717, 1.165) is 11.4 Å². The Morgan fingerprint density at radius 2 is 0.521 bits per heavy atom. The Morgan fingerprint density at radius 3 is 0.718 bits per heavy atom. The zero-order valence-electron chi connectivity index (χ0n) is 34.4. The van der Waals surface area contributed by atoms with E-state index in [2.05, 4.69) is 41.5 Å². The van der Waals surface area contributed by atoms with Gasteiger partial charge in [0.15, 0.2) is 18.9 Å². The van der Waals surface area contributed by atoms with Crippen molar-refractivity contribution in [3.8, 4) is 0 Å². The van der Waals surface area contributed by atoms with Crippen LogP contribution in [0.25, 0.3) is 0 Å². The number of halogens is 24. The summed E-state index contributed by atoms with van der Waals surface area (Å²) in [6.45, 7) is 0.912. The smallest absolute Gasteiger partial charge is 0.201 e. The van der Waals surface area contributed by atoms with Gasteiger partial charge in [0.05, 0.1) is 44.5 Å². The number of nitrogens with zero attached hydrogens (tertiary/aromatic N) is 1. The summed E-state index contributed by atoms with van der Waals surface area (Å²) in [5.74, 6) is 0. The molecule has 6 rings (SSSR count). The van der Waals surface area contributed by atoms with Gasteiger partial charge < -0.3 is 0 Å². The van der Waals surface area contributed by atoms with Gasteiger partial charge >= 0.3 is 49.4 Å². The quantitative estimate of drug-likeness (QED) is 0.0733. The summed E-state index contributed by atoms with van der Waals surface area (Å²) in [7, 11) is 0. The highest BCUT2D eigenvalue weighted by Gasteiger charge is 2.47. The van der Waals surface area contributed by atoms with Crippen LogP contribution in [0.2, 0.25) is 0 Å². The summed E-state index contributed by atoms with van der Waals surface area (Å²) in [6, 6.07) is 5.58. The van der Waals surface area contributed by atoms with Gasteiger partial charge in [0.1, 0.15) is 6.15 Å². The normalized spacial score (nSPS) is 13.5. The first-order valence-corrected chi connectivity index (χ1v) is 19.6. The fourth-order valence-corrected chi connectivity index (χ4v) is 7.55. The van der Waals surface area contributed by atoms with Gasteiger partial charge in [0, 0.05) is 22.6 Å². The van der Waals surface area contributed by atoms with Gasteiger partial charge in [-0.1, -0.05) is 78.9 Å². The predicted molar refractivity (Wildman–Crippen MR) is 210 cm³/mol. The van der Waals surface area contributed by atoms with Crippen LogP contribution in [0.3, 0.4) is 0 Å². The Balaban J connectivity index is 0.000000569. The molecular weight excluding hydrogens is 1040 g/mol. The van der Waals surface area contributed by atoms with Gasteiger partial charge in [-0.15, -0.1) is 12.6 Å². The number of hydrogen-bond donors (Lipinski definition) is 1. The molecule has 0 aliphatic heterocycles. The topological polar surface area (TPSA) is 3.88 Å². The van der Waals surface area contributed by atoms with Gasteiger partial charge in [-0.2, -0.15) is 127 Å². The lowest BCUT2D eigenvalue weighted by molar-refractivity contribution is -0.688. The number of benzene rings is 5. The second-order valence-corrected chi connectivity index (χ2v) is 16.0. The minimum absolute atomic E-state index is 0.691. The van der Waals surface area contributed by atoms with E-state index in [9.17, 15) is 105 Å². The van der Waals surface area contributed by atoms with E-state index in [1.54, 1.807) is 0 Å². The molecule has 382 valence electrons. The molecule has 6 aromatic rings. The van der Waals surface area contributed by atoms with E-state index in [1.807, 2.05) is 30.6 Å². The molecular formula is C44H24BF24NS. The Morgan fingerprint density at radius 1 is 0.310 bits per heavy atom. The van der Waals surface area contributed by atoms with Crippen LogP contribution in [0.15, 0.2) is 133 Å². The molecule has 0 saturated heterocycles. The first-order valence-electron chi connectivity index (χ1n) is 19.2. The maximum absolute atomic E-state index is 14.2. The van der Waals surface area contributed by atoms with Gasteiger partial charge in [-0.3, -0.25) is 0 Å². The number of pyridine rings is 1. The van der Waals surface area contributed by atoms with Crippen LogP contribution in [0.1, 0.15) is 50.1 Å². The Kier molecular flexibility index (Phi) is 15.1. The molecule has 0 atom stereocenters. The van der Waals surface area contributed by atoms with Crippen LogP contribution in [0.5, 0.6) is 0 Å². The molecule has 1 aromatic heterocycles. The molecule has 0 fully saturated rings. The highest BCUT2D eigenvalue weighted by atomic mass is 32.1. The van der Waals surface area contributed by atoms with Gasteiger partial charge in [-0.25, -0.2) is 4.57 Å².